The summed E-state index contributed by atoms with van der Waals surface area (Å²) in [5, 5.41) is 5.83. The maximum absolute atomic E-state index is 12.9. The number of benzene rings is 3. The molecule has 0 spiro atoms. The Hall–Kier alpha value is -5.32. The second-order valence-electron chi connectivity index (χ2n) is 8.44. The number of allylic oxidation sites excluding steroid dienone is 1. The average molecular weight is 579 g/mol. The first-order valence-corrected chi connectivity index (χ1v) is 12.6. The van der Waals surface area contributed by atoms with Crippen LogP contribution in [0, 0.1) is 0 Å². The fourth-order valence-electron chi connectivity index (χ4n) is 3.97. The molecule has 222 valence electrons. The number of ketones is 1. The molecule has 3 aromatic carbocycles. The first kappa shape index (κ1) is 31.2. The van der Waals surface area contributed by atoms with E-state index in [1.165, 1.54) is 61.0 Å². The van der Waals surface area contributed by atoms with E-state index in [-0.39, 0.29) is 11.7 Å². The zero-order valence-corrected chi connectivity index (χ0v) is 24.5. The molecule has 0 aliphatic heterocycles. The van der Waals surface area contributed by atoms with Crippen LogP contribution in [0.1, 0.15) is 15.9 Å². The number of amides is 1. The van der Waals surface area contributed by atoms with Gasteiger partial charge in [0.05, 0.1) is 61.0 Å². The minimum absolute atomic E-state index is 0.306. The summed E-state index contributed by atoms with van der Waals surface area (Å²) in [4.78, 5) is 25.6. The van der Waals surface area contributed by atoms with Crippen LogP contribution in [0.5, 0.6) is 40.2 Å². The van der Waals surface area contributed by atoms with Crippen LogP contribution >= 0.6 is 0 Å². The number of carbonyl (C=O) groups excluding carboxylic acids is 2. The SMILES string of the molecule is COc1cc(OC)c(/C=C/C(=O)Nc2ccc(OC)c(N/C=C\C(=O)c3cc(OC)c(OC)c(OC)c3)c2)c(OC)c1. The molecule has 0 aliphatic rings. The molecular formula is C31H34N2O9. The van der Waals surface area contributed by atoms with Gasteiger partial charge in [0.2, 0.25) is 11.7 Å². The van der Waals surface area contributed by atoms with E-state index in [2.05, 4.69) is 10.6 Å². The summed E-state index contributed by atoms with van der Waals surface area (Å²) < 4.78 is 37.5. The van der Waals surface area contributed by atoms with Crippen LogP contribution in [0.3, 0.4) is 0 Å². The van der Waals surface area contributed by atoms with E-state index >= 15 is 0 Å². The van der Waals surface area contributed by atoms with Crippen LogP contribution in [0.15, 0.2) is 60.8 Å². The maximum Gasteiger partial charge on any atom is 0.248 e. The summed E-state index contributed by atoms with van der Waals surface area (Å²) >= 11 is 0. The highest BCUT2D eigenvalue weighted by atomic mass is 16.5. The van der Waals surface area contributed by atoms with Gasteiger partial charge in [0, 0.05) is 41.7 Å². The number of hydrogen-bond acceptors (Lipinski definition) is 10. The smallest absolute Gasteiger partial charge is 0.248 e. The summed E-state index contributed by atoms with van der Waals surface area (Å²) in [5.74, 6) is 2.45. The second kappa shape index (κ2) is 14.9. The molecular weight excluding hydrogens is 544 g/mol. The van der Waals surface area contributed by atoms with Gasteiger partial charge in [0.15, 0.2) is 17.3 Å². The molecule has 11 heteroatoms. The standard InChI is InChI=1S/C31H34N2O9/c1-36-21-17-26(38-3)22(27(18-21)39-4)9-11-30(35)33-20-8-10-25(37-2)23(16-20)32-13-12-24(34)19-14-28(40-5)31(42-7)29(15-19)41-6/h8-18,32H,1-7H3,(H,33,35)/b11-9+,13-12-. The van der Waals surface area contributed by atoms with Gasteiger partial charge in [0.25, 0.3) is 0 Å². The normalized spacial score (nSPS) is 10.7. The number of ether oxygens (including phenoxy) is 7. The molecule has 0 radical (unpaired) electrons. The Balaban J connectivity index is 1.76. The zero-order chi connectivity index (χ0) is 30.6. The van der Waals surface area contributed by atoms with Crippen molar-refractivity contribution in [3.63, 3.8) is 0 Å². The lowest BCUT2D eigenvalue weighted by Crippen LogP contribution is -2.08. The van der Waals surface area contributed by atoms with Crippen LogP contribution in [-0.4, -0.2) is 61.5 Å². The van der Waals surface area contributed by atoms with Crippen molar-refractivity contribution in [1.29, 1.82) is 0 Å². The number of methoxy groups -OCH3 is 7. The summed E-state index contributed by atoms with van der Waals surface area (Å²) in [6, 6.07) is 11.6. The third-order valence-corrected chi connectivity index (χ3v) is 6.04. The Labute approximate surface area is 244 Å². The van der Waals surface area contributed by atoms with E-state index in [0.29, 0.717) is 62.7 Å². The summed E-state index contributed by atoms with van der Waals surface area (Å²) in [5.41, 5.74) is 1.93. The fourth-order valence-corrected chi connectivity index (χ4v) is 3.97. The van der Waals surface area contributed by atoms with Gasteiger partial charge in [-0.05, 0) is 36.4 Å². The van der Waals surface area contributed by atoms with Gasteiger partial charge in [-0.1, -0.05) is 0 Å². The molecule has 0 heterocycles. The van der Waals surface area contributed by atoms with E-state index in [1.54, 1.807) is 55.7 Å². The van der Waals surface area contributed by atoms with E-state index < -0.39 is 0 Å². The van der Waals surface area contributed by atoms with Crippen molar-refractivity contribution < 1.29 is 42.7 Å². The van der Waals surface area contributed by atoms with Crippen LogP contribution in [0.2, 0.25) is 0 Å². The monoisotopic (exact) mass is 578 g/mol. The molecule has 0 atom stereocenters. The van der Waals surface area contributed by atoms with Gasteiger partial charge in [-0.25, -0.2) is 0 Å². The number of rotatable bonds is 14. The Morgan fingerprint density at radius 2 is 1.24 bits per heavy atom. The van der Waals surface area contributed by atoms with E-state index in [9.17, 15) is 9.59 Å². The van der Waals surface area contributed by atoms with Gasteiger partial charge in [-0.3, -0.25) is 9.59 Å². The van der Waals surface area contributed by atoms with Crippen LogP contribution in [0.4, 0.5) is 11.4 Å². The van der Waals surface area contributed by atoms with Crippen LogP contribution in [-0.2, 0) is 4.79 Å². The number of carbonyl (C=O) groups is 2. The van der Waals surface area contributed by atoms with Crippen molar-refractivity contribution in [3.8, 4) is 40.2 Å². The molecule has 0 saturated heterocycles. The molecule has 2 N–H and O–H groups in total. The molecule has 0 aliphatic carbocycles. The summed E-state index contributed by atoms with van der Waals surface area (Å²) in [6.07, 6.45) is 5.77. The molecule has 42 heavy (non-hydrogen) atoms. The predicted octanol–water partition coefficient (Wildman–Crippen LogP) is 5.21. The van der Waals surface area contributed by atoms with Crippen molar-refractivity contribution in [2.45, 2.75) is 0 Å². The minimum Gasteiger partial charge on any atom is -0.496 e. The molecule has 0 saturated carbocycles. The molecule has 0 aromatic heterocycles. The van der Waals surface area contributed by atoms with Crippen molar-refractivity contribution in [2.24, 2.45) is 0 Å². The lowest BCUT2D eigenvalue weighted by atomic mass is 10.1. The van der Waals surface area contributed by atoms with Gasteiger partial charge in [0.1, 0.15) is 23.0 Å². The minimum atomic E-state index is -0.390. The third-order valence-electron chi connectivity index (χ3n) is 6.04. The number of hydrogen-bond donors (Lipinski definition) is 2. The van der Waals surface area contributed by atoms with Crippen LogP contribution < -0.4 is 43.8 Å². The maximum atomic E-state index is 12.9. The van der Waals surface area contributed by atoms with E-state index in [0.717, 1.165) is 0 Å². The van der Waals surface area contributed by atoms with Crippen molar-refractivity contribution in [1.82, 2.24) is 0 Å². The topological polar surface area (TPSA) is 123 Å². The first-order valence-electron chi connectivity index (χ1n) is 12.6. The van der Waals surface area contributed by atoms with Gasteiger partial charge in [-0.2, -0.15) is 0 Å². The second-order valence-corrected chi connectivity index (χ2v) is 8.44. The molecule has 0 bridgehead atoms. The molecule has 0 fully saturated rings. The highest BCUT2D eigenvalue weighted by Crippen LogP contribution is 2.38. The van der Waals surface area contributed by atoms with Gasteiger partial charge < -0.3 is 43.8 Å². The lowest BCUT2D eigenvalue weighted by Gasteiger charge is -2.13. The first-order chi connectivity index (χ1) is 20.3. The molecule has 1 amide bonds. The highest BCUT2D eigenvalue weighted by Gasteiger charge is 2.16. The molecule has 3 rings (SSSR count). The van der Waals surface area contributed by atoms with Crippen molar-refractivity contribution >= 4 is 29.1 Å². The highest BCUT2D eigenvalue weighted by molar-refractivity contribution is 6.05. The Bertz CT molecular complexity index is 1430. The lowest BCUT2D eigenvalue weighted by molar-refractivity contribution is -0.111. The van der Waals surface area contributed by atoms with Crippen molar-refractivity contribution in [2.75, 3.05) is 60.4 Å². The Kier molecular flexibility index (Phi) is 11.1. The molecule has 3 aromatic rings. The number of nitrogens with one attached hydrogen (secondary N) is 2. The van der Waals surface area contributed by atoms with E-state index in [4.69, 9.17) is 33.2 Å². The summed E-state index contributed by atoms with van der Waals surface area (Å²) in [6.45, 7) is 0. The largest absolute Gasteiger partial charge is 0.496 e. The van der Waals surface area contributed by atoms with Crippen molar-refractivity contribution in [3.05, 3.63) is 71.9 Å². The fraction of sp³-hybridized carbons (Fsp3) is 0.226. The van der Waals surface area contributed by atoms with Gasteiger partial charge in [-0.15, -0.1) is 0 Å². The average Bonchev–Trinajstić information content (AvgIpc) is 3.02. The Morgan fingerprint density at radius 1 is 0.643 bits per heavy atom. The Morgan fingerprint density at radius 3 is 1.76 bits per heavy atom. The van der Waals surface area contributed by atoms with E-state index in [1.807, 2.05) is 0 Å². The summed E-state index contributed by atoms with van der Waals surface area (Å²) in [7, 11) is 10.5. The zero-order valence-electron chi connectivity index (χ0n) is 24.5. The molecule has 11 nitrogen and oxygen atoms in total. The number of anilines is 2. The quantitative estimate of drug-likeness (QED) is 0.195. The van der Waals surface area contributed by atoms with Crippen LogP contribution in [0.25, 0.3) is 6.08 Å². The molecule has 0 unspecified atom stereocenters. The van der Waals surface area contributed by atoms with Gasteiger partial charge >= 0.3 is 0 Å². The third kappa shape index (κ3) is 7.45. The predicted molar refractivity (Wildman–Crippen MR) is 160 cm³/mol.